The van der Waals surface area contributed by atoms with E-state index in [1.165, 1.54) is 0 Å². The summed E-state index contributed by atoms with van der Waals surface area (Å²) in [4.78, 5) is 22.6. The number of rotatable bonds is 8. The van der Waals surface area contributed by atoms with Crippen molar-refractivity contribution in [3.8, 4) is 0 Å². The fourth-order valence-corrected chi connectivity index (χ4v) is 2.01. The van der Waals surface area contributed by atoms with Gasteiger partial charge in [-0.25, -0.2) is 0 Å². The molecule has 0 fully saturated rings. The van der Waals surface area contributed by atoms with Crippen LogP contribution in [0.2, 0.25) is 0 Å². The van der Waals surface area contributed by atoms with Crippen LogP contribution in [0.3, 0.4) is 0 Å². The third kappa shape index (κ3) is 6.90. The summed E-state index contributed by atoms with van der Waals surface area (Å²) in [6.07, 6.45) is 1.70. The van der Waals surface area contributed by atoms with Gasteiger partial charge in [0.25, 0.3) is 0 Å². The molecule has 5 nitrogen and oxygen atoms in total. The van der Waals surface area contributed by atoms with Crippen molar-refractivity contribution < 1.29 is 14.7 Å². The van der Waals surface area contributed by atoms with Crippen LogP contribution < -0.4 is 11.1 Å². The molecule has 1 aromatic carbocycles. The van der Waals surface area contributed by atoms with Crippen molar-refractivity contribution in [3.63, 3.8) is 0 Å². The first-order valence-corrected chi connectivity index (χ1v) is 7.13. The highest BCUT2D eigenvalue weighted by molar-refractivity contribution is 5.82. The lowest BCUT2D eigenvalue weighted by molar-refractivity contribution is -0.137. The zero-order valence-corrected chi connectivity index (χ0v) is 12.6. The van der Waals surface area contributed by atoms with Crippen LogP contribution in [0.5, 0.6) is 0 Å². The van der Waals surface area contributed by atoms with E-state index in [4.69, 9.17) is 10.8 Å². The van der Waals surface area contributed by atoms with Crippen molar-refractivity contribution >= 4 is 11.9 Å². The summed E-state index contributed by atoms with van der Waals surface area (Å²) in [6, 6.07) is 9.27. The zero-order chi connectivity index (χ0) is 15.9. The number of hydrogen-bond donors (Lipinski definition) is 3. The van der Waals surface area contributed by atoms with Crippen LogP contribution in [0.15, 0.2) is 30.3 Å². The molecule has 0 aromatic heterocycles. The number of carbonyl (C=O) groups excluding carboxylic acids is 1. The molecule has 0 aliphatic carbocycles. The van der Waals surface area contributed by atoms with Gasteiger partial charge < -0.3 is 16.2 Å². The van der Waals surface area contributed by atoms with Gasteiger partial charge in [0.05, 0.1) is 6.04 Å². The van der Waals surface area contributed by atoms with Crippen molar-refractivity contribution in [2.75, 3.05) is 0 Å². The summed E-state index contributed by atoms with van der Waals surface area (Å²) in [5, 5.41) is 11.5. The number of nitrogens with two attached hydrogens (primary N) is 1. The summed E-state index contributed by atoms with van der Waals surface area (Å²) in [6.45, 7) is 3.61. The Morgan fingerprint density at radius 1 is 1.29 bits per heavy atom. The molecule has 21 heavy (non-hydrogen) atoms. The van der Waals surface area contributed by atoms with Gasteiger partial charge in [-0.1, -0.05) is 30.3 Å². The van der Waals surface area contributed by atoms with E-state index in [1.807, 2.05) is 30.3 Å². The van der Waals surface area contributed by atoms with Gasteiger partial charge in [0, 0.05) is 12.0 Å². The molecule has 5 heteroatoms. The van der Waals surface area contributed by atoms with Crippen molar-refractivity contribution in [1.29, 1.82) is 0 Å². The standard InChI is InChI=1S/C16H24N2O3/c1-16(2,11-10-14(19)20)18-15(21)13(17)9-8-12-6-4-3-5-7-12/h3-7,13H,8-11,17H2,1-2H3,(H,18,21)(H,19,20)/t13-/m0/s1. The average Bonchev–Trinajstić information content (AvgIpc) is 2.43. The van der Waals surface area contributed by atoms with Crippen molar-refractivity contribution in [1.82, 2.24) is 5.32 Å². The quantitative estimate of drug-likeness (QED) is 0.680. The maximum atomic E-state index is 12.0. The zero-order valence-electron chi connectivity index (χ0n) is 12.6. The van der Waals surface area contributed by atoms with Crippen LogP contribution in [0, 0.1) is 0 Å². The number of aryl methyl sites for hydroxylation is 1. The van der Waals surface area contributed by atoms with E-state index >= 15 is 0 Å². The predicted molar refractivity (Wildman–Crippen MR) is 81.8 cm³/mol. The third-order valence-corrected chi connectivity index (χ3v) is 3.35. The number of amides is 1. The summed E-state index contributed by atoms with van der Waals surface area (Å²) in [7, 11) is 0. The minimum absolute atomic E-state index is 0.0204. The van der Waals surface area contributed by atoms with Crippen molar-refractivity contribution in [3.05, 3.63) is 35.9 Å². The number of carboxylic acid groups (broad SMARTS) is 1. The van der Waals surface area contributed by atoms with E-state index in [2.05, 4.69) is 5.32 Å². The highest BCUT2D eigenvalue weighted by Gasteiger charge is 2.24. The molecule has 0 bridgehead atoms. The number of carbonyl (C=O) groups is 2. The van der Waals surface area contributed by atoms with E-state index in [1.54, 1.807) is 13.8 Å². The number of carboxylic acids is 1. The van der Waals surface area contributed by atoms with Gasteiger partial charge >= 0.3 is 5.97 Å². The van der Waals surface area contributed by atoms with Gasteiger partial charge in [0.2, 0.25) is 5.91 Å². The van der Waals surface area contributed by atoms with Crippen LogP contribution in [0.4, 0.5) is 0 Å². The Morgan fingerprint density at radius 3 is 2.48 bits per heavy atom. The second-order valence-corrected chi connectivity index (χ2v) is 5.90. The number of hydrogen-bond acceptors (Lipinski definition) is 3. The minimum Gasteiger partial charge on any atom is -0.481 e. The van der Waals surface area contributed by atoms with E-state index in [-0.39, 0.29) is 12.3 Å². The first-order valence-electron chi connectivity index (χ1n) is 7.13. The van der Waals surface area contributed by atoms with Gasteiger partial charge in [-0.3, -0.25) is 9.59 Å². The molecule has 1 atom stereocenters. The van der Waals surface area contributed by atoms with Crippen LogP contribution >= 0.6 is 0 Å². The predicted octanol–water partition coefficient (Wildman–Crippen LogP) is 1.71. The second kappa shape index (κ2) is 7.78. The van der Waals surface area contributed by atoms with Crippen molar-refractivity contribution in [2.45, 2.75) is 51.1 Å². The summed E-state index contributed by atoms with van der Waals surface area (Å²) >= 11 is 0. The molecule has 0 heterocycles. The Balaban J connectivity index is 2.41. The van der Waals surface area contributed by atoms with E-state index < -0.39 is 17.6 Å². The first-order chi connectivity index (χ1) is 9.80. The molecule has 0 aliphatic heterocycles. The maximum Gasteiger partial charge on any atom is 0.303 e. The van der Waals surface area contributed by atoms with Gasteiger partial charge in [-0.05, 0) is 38.7 Å². The highest BCUT2D eigenvalue weighted by atomic mass is 16.4. The molecule has 0 aliphatic rings. The van der Waals surface area contributed by atoms with Crippen LogP contribution in [0.1, 0.15) is 38.7 Å². The molecule has 0 saturated heterocycles. The fraction of sp³-hybridized carbons (Fsp3) is 0.500. The van der Waals surface area contributed by atoms with Gasteiger partial charge in [0.15, 0.2) is 0 Å². The smallest absolute Gasteiger partial charge is 0.303 e. The molecule has 0 unspecified atom stereocenters. The lowest BCUT2D eigenvalue weighted by Crippen LogP contribution is -2.50. The van der Waals surface area contributed by atoms with Crippen molar-refractivity contribution in [2.24, 2.45) is 5.73 Å². The second-order valence-electron chi connectivity index (χ2n) is 5.90. The Kier molecular flexibility index (Phi) is 6.37. The molecular formula is C16H24N2O3. The maximum absolute atomic E-state index is 12.0. The van der Waals surface area contributed by atoms with Gasteiger partial charge in [-0.2, -0.15) is 0 Å². The van der Waals surface area contributed by atoms with E-state index in [0.717, 1.165) is 12.0 Å². The normalized spacial score (nSPS) is 12.7. The molecule has 1 amide bonds. The number of aliphatic carboxylic acids is 1. The lowest BCUT2D eigenvalue weighted by atomic mass is 9.97. The Bertz CT molecular complexity index is 472. The summed E-state index contributed by atoms with van der Waals surface area (Å²) in [5.74, 6) is -1.10. The number of nitrogens with one attached hydrogen (secondary N) is 1. The Hall–Kier alpha value is -1.88. The van der Waals surface area contributed by atoms with E-state index in [9.17, 15) is 9.59 Å². The molecule has 116 valence electrons. The molecule has 0 saturated carbocycles. The lowest BCUT2D eigenvalue weighted by Gasteiger charge is -2.27. The summed E-state index contributed by atoms with van der Waals surface area (Å²) < 4.78 is 0. The van der Waals surface area contributed by atoms with Crippen LogP contribution in [0.25, 0.3) is 0 Å². The SMILES string of the molecule is CC(C)(CCC(=O)O)NC(=O)[C@@H](N)CCc1ccccc1. The molecule has 1 rings (SSSR count). The topological polar surface area (TPSA) is 92.4 Å². The summed E-state index contributed by atoms with van der Waals surface area (Å²) in [5.41, 5.74) is 6.47. The Morgan fingerprint density at radius 2 is 1.90 bits per heavy atom. The van der Waals surface area contributed by atoms with Gasteiger partial charge in [-0.15, -0.1) is 0 Å². The van der Waals surface area contributed by atoms with Crippen LogP contribution in [-0.2, 0) is 16.0 Å². The monoisotopic (exact) mass is 292 g/mol. The minimum atomic E-state index is -0.870. The van der Waals surface area contributed by atoms with E-state index in [0.29, 0.717) is 12.8 Å². The van der Waals surface area contributed by atoms with Crippen LogP contribution in [-0.4, -0.2) is 28.6 Å². The number of benzene rings is 1. The average molecular weight is 292 g/mol. The Labute approximate surface area is 125 Å². The molecular weight excluding hydrogens is 268 g/mol. The molecule has 0 radical (unpaired) electrons. The molecule has 4 N–H and O–H groups in total. The third-order valence-electron chi connectivity index (χ3n) is 3.35. The largest absolute Gasteiger partial charge is 0.481 e. The first kappa shape index (κ1) is 17.2. The fourth-order valence-electron chi connectivity index (χ4n) is 2.01. The molecule has 0 spiro atoms. The molecule has 1 aromatic rings. The van der Waals surface area contributed by atoms with Gasteiger partial charge in [0.1, 0.15) is 0 Å². The highest BCUT2D eigenvalue weighted by Crippen LogP contribution is 2.12.